The van der Waals surface area contributed by atoms with E-state index in [2.05, 4.69) is 20.5 Å². The maximum Gasteiger partial charge on any atom is 0.273 e. The minimum Gasteiger partial charge on any atom is -0.354 e. The van der Waals surface area contributed by atoms with Crippen molar-refractivity contribution in [2.24, 2.45) is 0 Å². The van der Waals surface area contributed by atoms with E-state index >= 15 is 0 Å². The fourth-order valence-corrected chi connectivity index (χ4v) is 1.45. The first kappa shape index (κ1) is 12.2. The van der Waals surface area contributed by atoms with E-state index in [1.165, 1.54) is 12.1 Å². The molecule has 0 fully saturated rings. The van der Waals surface area contributed by atoms with Gasteiger partial charge in [0.25, 0.3) is 5.56 Å². The number of aryl methyl sites for hydroxylation is 1. The van der Waals surface area contributed by atoms with Gasteiger partial charge in [-0.15, -0.1) is 10.2 Å². The molecule has 0 unspecified atom stereocenters. The third-order valence-corrected chi connectivity index (χ3v) is 2.48. The Bertz CT molecular complexity index is 579. The number of benzene rings is 1. The number of H-pyrrole nitrogens is 1. The number of hydrogen-bond acceptors (Lipinski definition) is 4. The molecule has 1 heterocycles. The van der Waals surface area contributed by atoms with Gasteiger partial charge in [0.15, 0.2) is 0 Å². The van der Waals surface area contributed by atoms with Gasteiger partial charge in [0.1, 0.15) is 11.5 Å². The van der Waals surface area contributed by atoms with E-state index in [1.807, 2.05) is 0 Å². The standard InChI is InChI=1S/C12H13FN4O/c1-8-11(18)15-12(17-16-8)14-7-6-9-2-4-10(13)5-3-9/h2-5H,6-7H2,1H3,(H2,14,15,17,18). The van der Waals surface area contributed by atoms with Gasteiger partial charge in [-0.1, -0.05) is 12.1 Å². The average Bonchev–Trinajstić information content (AvgIpc) is 2.36. The zero-order valence-corrected chi connectivity index (χ0v) is 9.90. The second-order valence-electron chi connectivity index (χ2n) is 3.89. The molecule has 0 saturated heterocycles. The number of nitrogens with one attached hydrogen (secondary N) is 2. The SMILES string of the molecule is Cc1nnc(NCCc2ccc(F)cc2)[nH]c1=O. The van der Waals surface area contributed by atoms with Crippen LogP contribution in [0.2, 0.25) is 0 Å². The minimum absolute atomic E-state index is 0.250. The zero-order valence-electron chi connectivity index (χ0n) is 9.90. The fraction of sp³-hybridized carbons (Fsp3) is 0.250. The Hall–Kier alpha value is -2.24. The van der Waals surface area contributed by atoms with Gasteiger partial charge < -0.3 is 5.32 Å². The molecule has 0 amide bonds. The highest BCUT2D eigenvalue weighted by atomic mass is 19.1. The van der Waals surface area contributed by atoms with Gasteiger partial charge in [0.05, 0.1) is 0 Å². The zero-order chi connectivity index (χ0) is 13.0. The molecule has 2 rings (SSSR count). The highest BCUT2D eigenvalue weighted by molar-refractivity contribution is 5.23. The molecule has 1 aromatic carbocycles. The third kappa shape index (κ3) is 3.13. The molecule has 0 bridgehead atoms. The monoisotopic (exact) mass is 248 g/mol. The lowest BCUT2D eigenvalue weighted by atomic mass is 10.1. The molecule has 0 atom stereocenters. The van der Waals surface area contributed by atoms with Crippen LogP contribution in [0.25, 0.3) is 0 Å². The summed E-state index contributed by atoms with van der Waals surface area (Å²) in [6.45, 7) is 2.17. The first-order chi connectivity index (χ1) is 8.65. The molecule has 0 spiro atoms. The highest BCUT2D eigenvalue weighted by Crippen LogP contribution is 2.03. The molecule has 18 heavy (non-hydrogen) atoms. The van der Waals surface area contributed by atoms with Crippen LogP contribution in [0.3, 0.4) is 0 Å². The summed E-state index contributed by atoms with van der Waals surface area (Å²) in [6.07, 6.45) is 0.706. The number of aromatic nitrogens is 3. The Kier molecular flexibility index (Phi) is 3.66. The van der Waals surface area contributed by atoms with Crippen LogP contribution >= 0.6 is 0 Å². The molecule has 0 aliphatic heterocycles. The quantitative estimate of drug-likeness (QED) is 0.854. The molecular formula is C12H13FN4O. The molecule has 1 aromatic heterocycles. The second kappa shape index (κ2) is 5.39. The van der Waals surface area contributed by atoms with E-state index in [1.54, 1.807) is 19.1 Å². The fourth-order valence-electron chi connectivity index (χ4n) is 1.45. The van der Waals surface area contributed by atoms with Crippen molar-refractivity contribution in [2.45, 2.75) is 13.3 Å². The number of anilines is 1. The first-order valence-electron chi connectivity index (χ1n) is 5.57. The summed E-state index contributed by atoms with van der Waals surface area (Å²) in [5.74, 6) is 0.0909. The molecule has 2 aromatic rings. The topological polar surface area (TPSA) is 70.7 Å². The van der Waals surface area contributed by atoms with Crippen LogP contribution in [0.5, 0.6) is 0 Å². The van der Waals surface area contributed by atoms with E-state index in [0.717, 1.165) is 5.56 Å². The van der Waals surface area contributed by atoms with Crippen molar-refractivity contribution in [2.75, 3.05) is 11.9 Å². The number of aromatic amines is 1. The maximum absolute atomic E-state index is 12.7. The van der Waals surface area contributed by atoms with E-state index in [-0.39, 0.29) is 11.4 Å². The summed E-state index contributed by atoms with van der Waals surface area (Å²) < 4.78 is 12.7. The normalized spacial score (nSPS) is 10.3. The summed E-state index contributed by atoms with van der Waals surface area (Å²) >= 11 is 0. The summed E-state index contributed by atoms with van der Waals surface area (Å²) in [6, 6.07) is 6.28. The van der Waals surface area contributed by atoms with Gasteiger partial charge in [-0.05, 0) is 31.0 Å². The average molecular weight is 248 g/mol. The van der Waals surface area contributed by atoms with Crippen LogP contribution in [-0.2, 0) is 6.42 Å². The van der Waals surface area contributed by atoms with Gasteiger partial charge in [-0.3, -0.25) is 9.78 Å². The number of nitrogens with zero attached hydrogens (tertiary/aromatic N) is 2. The smallest absolute Gasteiger partial charge is 0.273 e. The summed E-state index contributed by atoms with van der Waals surface area (Å²) in [5.41, 5.74) is 1.08. The second-order valence-corrected chi connectivity index (χ2v) is 3.89. The van der Waals surface area contributed by atoms with Crippen LogP contribution in [0, 0.1) is 12.7 Å². The maximum atomic E-state index is 12.7. The van der Waals surface area contributed by atoms with Crippen molar-refractivity contribution in [3.63, 3.8) is 0 Å². The summed E-state index contributed by atoms with van der Waals surface area (Å²) in [7, 11) is 0. The Morgan fingerprint density at radius 1 is 1.28 bits per heavy atom. The molecule has 0 aliphatic rings. The van der Waals surface area contributed by atoms with Crippen molar-refractivity contribution in [3.8, 4) is 0 Å². The van der Waals surface area contributed by atoms with Crippen molar-refractivity contribution in [1.82, 2.24) is 15.2 Å². The lowest BCUT2D eigenvalue weighted by Gasteiger charge is -2.04. The van der Waals surface area contributed by atoms with Gasteiger partial charge in [-0.25, -0.2) is 4.39 Å². The predicted molar refractivity (Wildman–Crippen MR) is 66.0 cm³/mol. The van der Waals surface area contributed by atoms with Crippen LogP contribution in [-0.4, -0.2) is 21.7 Å². The number of rotatable bonds is 4. The Labute approximate surface area is 103 Å². The Morgan fingerprint density at radius 3 is 2.67 bits per heavy atom. The van der Waals surface area contributed by atoms with E-state index in [4.69, 9.17) is 0 Å². The number of halogens is 1. The minimum atomic E-state index is -0.255. The largest absolute Gasteiger partial charge is 0.354 e. The van der Waals surface area contributed by atoms with Crippen LogP contribution < -0.4 is 10.9 Å². The molecule has 0 saturated carbocycles. The lowest BCUT2D eigenvalue weighted by molar-refractivity contribution is 0.627. The van der Waals surface area contributed by atoms with Crippen molar-refractivity contribution < 1.29 is 4.39 Å². The van der Waals surface area contributed by atoms with Gasteiger partial charge in [0.2, 0.25) is 5.95 Å². The Balaban J connectivity index is 1.90. The van der Waals surface area contributed by atoms with Crippen molar-refractivity contribution >= 4 is 5.95 Å². The van der Waals surface area contributed by atoms with Crippen molar-refractivity contribution in [3.05, 3.63) is 51.7 Å². The van der Waals surface area contributed by atoms with Crippen molar-refractivity contribution in [1.29, 1.82) is 0 Å². The summed E-state index contributed by atoms with van der Waals surface area (Å²) in [5, 5.41) is 10.5. The lowest BCUT2D eigenvalue weighted by Crippen LogP contribution is -2.18. The van der Waals surface area contributed by atoms with Crippen LogP contribution in [0.15, 0.2) is 29.1 Å². The molecule has 6 heteroatoms. The van der Waals surface area contributed by atoms with Crippen LogP contribution in [0.1, 0.15) is 11.3 Å². The van der Waals surface area contributed by atoms with E-state index in [9.17, 15) is 9.18 Å². The molecule has 0 aliphatic carbocycles. The Morgan fingerprint density at radius 2 is 2.00 bits per heavy atom. The number of hydrogen-bond donors (Lipinski definition) is 2. The third-order valence-electron chi connectivity index (χ3n) is 2.48. The van der Waals surface area contributed by atoms with Gasteiger partial charge in [0, 0.05) is 6.54 Å². The molecule has 0 radical (unpaired) electrons. The van der Waals surface area contributed by atoms with E-state index in [0.29, 0.717) is 24.6 Å². The van der Waals surface area contributed by atoms with Gasteiger partial charge >= 0.3 is 0 Å². The molecule has 2 N–H and O–H groups in total. The molecular weight excluding hydrogens is 235 g/mol. The predicted octanol–water partition coefficient (Wildman–Crippen LogP) is 1.27. The first-order valence-corrected chi connectivity index (χ1v) is 5.57. The molecule has 94 valence electrons. The van der Waals surface area contributed by atoms with Crippen LogP contribution in [0.4, 0.5) is 10.3 Å². The summed E-state index contributed by atoms with van der Waals surface area (Å²) in [4.78, 5) is 13.8. The van der Waals surface area contributed by atoms with Gasteiger partial charge in [-0.2, -0.15) is 0 Å². The van der Waals surface area contributed by atoms with E-state index < -0.39 is 0 Å². The molecule has 5 nitrogen and oxygen atoms in total. The highest BCUT2D eigenvalue weighted by Gasteiger charge is 1.99.